The molecule has 2 aromatic rings. The lowest BCUT2D eigenvalue weighted by Crippen LogP contribution is -2.31. The summed E-state index contributed by atoms with van der Waals surface area (Å²) in [7, 11) is -1.84. The monoisotopic (exact) mass is 289 g/mol. The fraction of sp³-hybridized carbons (Fsp3) is 0.0714. The zero-order chi connectivity index (χ0) is 15.4. The first-order valence-corrected chi connectivity index (χ1v) is 5.98. The second-order valence-electron chi connectivity index (χ2n) is 4.26. The van der Waals surface area contributed by atoms with E-state index in [0.29, 0.717) is 0 Å². The largest absolute Gasteiger partial charge is 0.492 e. The molecule has 0 unspecified atom stereocenters. The van der Waals surface area contributed by atoms with Crippen molar-refractivity contribution >= 4 is 12.6 Å². The van der Waals surface area contributed by atoms with E-state index >= 15 is 0 Å². The number of nitriles is 1. The van der Waals surface area contributed by atoms with E-state index in [9.17, 15) is 8.78 Å². The molecule has 7 heteroatoms. The molecule has 0 radical (unpaired) electrons. The van der Waals surface area contributed by atoms with Gasteiger partial charge in [-0.05, 0) is 24.3 Å². The molecule has 0 fully saturated rings. The quantitative estimate of drug-likeness (QED) is 0.826. The minimum absolute atomic E-state index is 0.0340. The maximum absolute atomic E-state index is 13.6. The highest BCUT2D eigenvalue weighted by atomic mass is 19.1. The Balaban J connectivity index is 2.24. The van der Waals surface area contributed by atoms with E-state index in [1.165, 1.54) is 12.1 Å². The van der Waals surface area contributed by atoms with Crippen molar-refractivity contribution in [2.45, 2.75) is 6.61 Å². The van der Waals surface area contributed by atoms with Crippen molar-refractivity contribution in [2.24, 2.45) is 0 Å². The molecular formula is C14H10BF2NO3. The Bertz CT molecular complexity index is 701. The van der Waals surface area contributed by atoms with Crippen molar-refractivity contribution in [3.05, 3.63) is 59.2 Å². The third-order valence-corrected chi connectivity index (χ3v) is 2.81. The molecule has 0 aliphatic heterocycles. The molecule has 0 aromatic heterocycles. The Kier molecular flexibility index (Phi) is 4.53. The molecule has 0 saturated carbocycles. The maximum atomic E-state index is 13.6. The van der Waals surface area contributed by atoms with Gasteiger partial charge in [-0.1, -0.05) is 6.07 Å². The SMILES string of the molecule is N#Cc1ccc(F)c(COc2cc(F)ccc2B(O)O)c1. The van der Waals surface area contributed by atoms with Gasteiger partial charge in [-0.15, -0.1) is 0 Å². The van der Waals surface area contributed by atoms with Crippen LogP contribution in [-0.2, 0) is 6.61 Å². The second-order valence-corrected chi connectivity index (χ2v) is 4.26. The molecule has 0 saturated heterocycles. The second kappa shape index (κ2) is 6.35. The van der Waals surface area contributed by atoms with Gasteiger partial charge in [0.1, 0.15) is 24.0 Å². The van der Waals surface area contributed by atoms with Crippen LogP contribution < -0.4 is 10.2 Å². The lowest BCUT2D eigenvalue weighted by atomic mass is 9.79. The summed E-state index contributed by atoms with van der Waals surface area (Å²) in [5.74, 6) is -1.30. The third kappa shape index (κ3) is 3.57. The fourth-order valence-corrected chi connectivity index (χ4v) is 1.76. The molecule has 0 aliphatic carbocycles. The molecular weight excluding hydrogens is 279 g/mol. The van der Waals surface area contributed by atoms with Gasteiger partial charge in [0.15, 0.2) is 0 Å². The highest BCUT2D eigenvalue weighted by molar-refractivity contribution is 6.59. The van der Waals surface area contributed by atoms with E-state index in [1.807, 2.05) is 6.07 Å². The van der Waals surface area contributed by atoms with Crippen LogP contribution in [0.15, 0.2) is 36.4 Å². The highest BCUT2D eigenvalue weighted by Gasteiger charge is 2.18. The molecule has 106 valence electrons. The van der Waals surface area contributed by atoms with Crippen molar-refractivity contribution in [2.75, 3.05) is 0 Å². The Morgan fingerprint density at radius 2 is 1.90 bits per heavy atom. The van der Waals surface area contributed by atoms with Gasteiger partial charge in [-0.2, -0.15) is 5.26 Å². The normalized spacial score (nSPS) is 10.0. The minimum Gasteiger partial charge on any atom is -0.489 e. The molecule has 0 amide bonds. The summed E-state index contributed by atoms with van der Waals surface area (Å²) in [4.78, 5) is 0. The van der Waals surface area contributed by atoms with Crippen molar-refractivity contribution < 1.29 is 23.6 Å². The average molecular weight is 289 g/mol. The Morgan fingerprint density at radius 3 is 2.57 bits per heavy atom. The zero-order valence-electron chi connectivity index (χ0n) is 10.8. The van der Waals surface area contributed by atoms with Gasteiger partial charge in [-0.3, -0.25) is 0 Å². The lowest BCUT2D eigenvalue weighted by Gasteiger charge is -2.12. The fourth-order valence-electron chi connectivity index (χ4n) is 1.76. The first-order chi connectivity index (χ1) is 10.0. The minimum atomic E-state index is -1.84. The number of nitrogens with zero attached hydrogens (tertiary/aromatic N) is 1. The molecule has 0 aliphatic rings. The molecule has 21 heavy (non-hydrogen) atoms. The van der Waals surface area contributed by atoms with E-state index in [2.05, 4.69) is 0 Å². The summed E-state index contributed by atoms with van der Waals surface area (Å²) in [5.41, 5.74) is 0.335. The van der Waals surface area contributed by atoms with Gasteiger partial charge in [0, 0.05) is 17.1 Å². The maximum Gasteiger partial charge on any atom is 0.492 e. The summed E-state index contributed by atoms with van der Waals surface area (Å²) in [6, 6.07) is 8.82. The van der Waals surface area contributed by atoms with E-state index in [4.69, 9.17) is 20.0 Å². The summed E-state index contributed by atoms with van der Waals surface area (Å²) < 4.78 is 32.0. The number of halogens is 2. The number of rotatable bonds is 4. The Labute approximate surface area is 120 Å². The molecule has 0 spiro atoms. The molecule has 0 heterocycles. The van der Waals surface area contributed by atoms with Gasteiger partial charge in [-0.25, -0.2) is 8.78 Å². The van der Waals surface area contributed by atoms with Crippen LogP contribution in [0.1, 0.15) is 11.1 Å². The summed E-state index contributed by atoms with van der Waals surface area (Å²) in [6.45, 7) is -0.273. The third-order valence-electron chi connectivity index (χ3n) is 2.81. The highest BCUT2D eigenvalue weighted by Crippen LogP contribution is 2.16. The summed E-state index contributed by atoms with van der Waals surface area (Å²) in [6.07, 6.45) is 0. The van der Waals surface area contributed by atoms with Crippen LogP contribution >= 0.6 is 0 Å². The number of ether oxygens (including phenoxy) is 1. The van der Waals surface area contributed by atoms with Crippen molar-refractivity contribution in [3.63, 3.8) is 0 Å². The molecule has 4 nitrogen and oxygen atoms in total. The van der Waals surface area contributed by atoms with E-state index in [0.717, 1.165) is 24.3 Å². The van der Waals surface area contributed by atoms with Crippen molar-refractivity contribution in [3.8, 4) is 11.8 Å². The number of hydrogen-bond acceptors (Lipinski definition) is 4. The number of hydrogen-bond donors (Lipinski definition) is 2. The molecule has 2 rings (SSSR count). The van der Waals surface area contributed by atoms with Crippen LogP contribution in [0.3, 0.4) is 0 Å². The smallest absolute Gasteiger partial charge is 0.489 e. The zero-order valence-corrected chi connectivity index (χ0v) is 10.8. The summed E-state index contributed by atoms with van der Waals surface area (Å²) >= 11 is 0. The first kappa shape index (κ1) is 15.0. The summed E-state index contributed by atoms with van der Waals surface area (Å²) in [5, 5.41) is 27.1. The lowest BCUT2D eigenvalue weighted by molar-refractivity contribution is 0.299. The average Bonchev–Trinajstić information content (AvgIpc) is 2.46. The van der Waals surface area contributed by atoms with Gasteiger partial charge in [0.05, 0.1) is 11.6 Å². The molecule has 0 bridgehead atoms. The van der Waals surface area contributed by atoms with E-state index < -0.39 is 18.8 Å². The Morgan fingerprint density at radius 1 is 1.14 bits per heavy atom. The number of benzene rings is 2. The van der Waals surface area contributed by atoms with Crippen LogP contribution in [0, 0.1) is 23.0 Å². The topological polar surface area (TPSA) is 73.5 Å². The van der Waals surface area contributed by atoms with Crippen molar-refractivity contribution in [1.29, 1.82) is 5.26 Å². The van der Waals surface area contributed by atoms with Gasteiger partial charge < -0.3 is 14.8 Å². The predicted octanol–water partition coefficient (Wildman–Crippen LogP) is 1.10. The standard InChI is InChI=1S/C14H10BF2NO3/c16-11-2-3-12(15(19)20)14(6-11)21-8-10-5-9(7-18)1-4-13(10)17/h1-6,19-20H,8H2. The first-order valence-electron chi connectivity index (χ1n) is 5.98. The predicted molar refractivity (Wildman–Crippen MR) is 71.7 cm³/mol. The molecule has 0 atom stereocenters. The molecule has 2 N–H and O–H groups in total. The molecule has 2 aromatic carbocycles. The van der Waals surface area contributed by atoms with Crippen molar-refractivity contribution in [1.82, 2.24) is 0 Å². The van der Waals surface area contributed by atoms with Crippen LogP contribution in [-0.4, -0.2) is 17.2 Å². The van der Waals surface area contributed by atoms with Gasteiger partial charge in [0.2, 0.25) is 0 Å². The van der Waals surface area contributed by atoms with Crippen LogP contribution in [0.2, 0.25) is 0 Å². The van der Waals surface area contributed by atoms with Crippen LogP contribution in [0.25, 0.3) is 0 Å². The van der Waals surface area contributed by atoms with Crippen LogP contribution in [0.5, 0.6) is 5.75 Å². The van der Waals surface area contributed by atoms with E-state index in [-0.39, 0.29) is 28.9 Å². The van der Waals surface area contributed by atoms with Crippen LogP contribution in [0.4, 0.5) is 8.78 Å². The van der Waals surface area contributed by atoms with Gasteiger partial charge in [0.25, 0.3) is 0 Å². The van der Waals surface area contributed by atoms with Gasteiger partial charge >= 0.3 is 7.12 Å². The Hall–Kier alpha value is -2.43. The van der Waals surface area contributed by atoms with E-state index in [1.54, 1.807) is 0 Å².